The highest BCUT2D eigenvalue weighted by molar-refractivity contribution is 6.07. The molecule has 0 radical (unpaired) electrons. The second-order valence-electron chi connectivity index (χ2n) is 6.54. The zero-order valence-electron chi connectivity index (χ0n) is 16.6. The van der Waals surface area contributed by atoms with Gasteiger partial charge in [-0.3, -0.25) is 4.79 Å². The number of rotatable bonds is 7. The van der Waals surface area contributed by atoms with Crippen LogP contribution in [0.1, 0.15) is 29.8 Å². The molecule has 156 valence electrons. The van der Waals surface area contributed by atoms with Gasteiger partial charge in [-0.15, -0.1) is 13.2 Å². The lowest BCUT2D eigenvalue weighted by atomic mass is 10.1. The number of hydrogen-bond donors (Lipinski definition) is 0. The van der Waals surface area contributed by atoms with E-state index in [1.165, 1.54) is 18.2 Å². The van der Waals surface area contributed by atoms with Crippen molar-refractivity contribution in [3.63, 3.8) is 0 Å². The van der Waals surface area contributed by atoms with Crippen molar-refractivity contribution in [1.82, 2.24) is 4.98 Å². The molecular formula is C23H21F3N2O2. The standard InChI is InChI=1S/C23H21F3N2O2/c1-3-28(4-2)22-18(15-17-7-5-6-8-20(17)27-22)11-14-21(29)16-9-12-19(13-10-16)30-23(24,25)26/h5-15H,3-4H2,1-2H3/b14-11+. The average molecular weight is 414 g/mol. The summed E-state index contributed by atoms with van der Waals surface area (Å²) < 4.78 is 40.6. The van der Waals surface area contributed by atoms with Crippen LogP contribution in [-0.4, -0.2) is 30.2 Å². The fourth-order valence-corrected chi connectivity index (χ4v) is 3.10. The van der Waals surface area contributed by atoms with Crippen LogP contribution < -0.4 is 9.64 Å². The third-order valence-corrected chi connectivity index (χ3v) is 4.58. The van der Waals surface area contributed by atoms with E-state index in [0.29, 0.717) is 0 Å². The lowest BCUT2D eigenvalue weighted by molar-refractivity contribution is -0.274. The molecule has 0 aliphatic carbocycles. The van der Waals surface area contributed by atoms with E-state index in [1.54, 1.807) is 6.08 Å². The molecule has 0 aliphatic rings. The number of benzene rings is 2. The Hall–Kier alpha value is -3.35. The lowest BCUT2D eigenvalue weighted by Crippen LogP contribution is -2.23. The lowest BCUT2D eigenvalue weighted by Gasteiger charge is -2.22. The molecule has 3 aromatic rings. The third kappa shape index (κ3) is 5.17. The van der Waals surface area contributed by atoms with E-state index in [1.807, 2.05) is 44.2 Å². The number of pyridine rings is 1. The first kappa shape index (κ1) is 21.4. The largest absolute Gasteiger partial charge is 0.573 e. The van der Waals surface area contributed by atoms with Gasteiger partial charge in [-0.2, -0.15) is 0 Å². The number of para-hydroxylation sites is 1. The highest BCUT2D eigenvalue weighted by Gasteiger charge is 2.31. The molecule has 0 amide bonds. The van der Waals surface area contributed by atoms with E-state index in [9.17, 15) is 18.0 Å². The molecule has 2 aromatic carbocycles. The van der Waals surface area contributed by atoms with Gasteiger partial charge in [0.25, 0.3) is 0 Å². The summed E-state index contributed by atoms with van der Waals surface area (Å²) in [6.07, 6.45) is -1.68. The number of fused-ring (bicyclic) bond motifs is 1. The Morgan fingerprint density at radius 3 is 2.37 bits per heavy atom. The fraction of sp³-hybridized carbons (Fsp3) is 0.217. The molecular weight excluding hydrogens is 393 g/mol. The van der Waals surface area contributed by atoms with Crippen molar-refractivity contribution >= 4 is 28.6 Å². The van der Waals surface area contributed by atoms with Crippen LogP contribution in [0, 0.1) is 0 Å². The van der Waals surface area contributed by atoms with E-state index in [4.69, 9.17) is 4.98 Å². The maximum atomic E-state index is 12.5. The minimum atomic E-state index is -4.77. The van der Waals surface area contributed by atoms with Gasteiger partial charge in [-0.05, 0) is 62.4 Å². The van der Waals surface area contributed by atoms with Crippen LogP contribution in [-0.2, 0) is 0 Å². The molecule has 0 spiro atoms. The van der Waals surface area contributed by atoms with Gasteiger partial charge < -0.3 is 9.64 Å². The van der Waals surface area contributed by atoms with Crippen LogP contribution in [0.4, 0.5) is 19.0 Å². The summed E-state index contributed by atoms with van der Waals surface area (Å²) >= 11 is 0. The van der Waals surface area contributed by atoms with Gasteiger partial charge in [0.05, 0.1) is 5.52 Å². The highest BCUT2D eigenvalue weighted by atomic mass is 19.4. The van der Waals surface area contributed by atoms with Gasteiger partial charge in [-0.25, -0.2) is 4.98 Å². The summed E-state index contributed by atoms with van der Waals surface area (Å²) in [6.45, 7) is 5.59. The minimum absolute atomic E-state index is 0.263. The second kappa shape index (κ2) is 8.98. The number of hydrogen-bond acceptors (Lipinski definition) is 4. The Bertz CT molecular complexity index is 1060. The van der Waals surface area contributed by atoms with Crippen LogP contribution in [0.3, 0.4) is 0 Å². The monoisotopic (exact) mass is 414 g/mol. The molecule has 0 N–H and O–H groups in total. The molecule has 0 fully saturated rings. The van der Waals surface area contributed by atoms with Crippen molar-refractivity contribution in [2.75, 3.05) is 18.0 Å². The van der Waals surface area contributed by atoms with Gasteiger partial charge in [0.2, 0.25) is 0 Å². The molecule has 1 aromatic heterocycles. The topological polar surface area (TPSA) is 42.4 Å². The maximum Gasteiger partial charge on any atom is 0.573 e. The van der Waals surface area contributed by atoms with Gasteiger partial charge in [-0.1, -0.05) is 18.2 Å². The van der Waals surface area contributed by atoms with Crippen molar-refractivity contribution in [2.45, 2.75) is 20.2 Å². The molecule has 0 saturated heterocycles. The van der Waals surface area contributed by atoms with Gasteiger partial charge in [0.1, 0.15) is 11.6 Å². The van der Waals surface area contributed by atoms with Gasteiger partial charge in [0, 0.05) is 29.6 Å². The summed E-state index contributed by atoms with van der Waals surface area (Å²) in [6, 6.07) is 14.5. The first-order chi connectivity index (χ1) is 14.3. The summed E-state index contributed by atoms with van der Waals surface area (Å²) in [5, 5.41) is 0.953. The molecule has 4 nitrogen and oxygen atoms in total. The molecule has 0 unspecified atom stereocenters. The zero-order valence-corrected chi connectivity index (χ0v) is 16.6. The van der Waals surface area contributed by atoms with E-state index < -0.39 is 6.36 Å². The predicted molar refractivity (Wildman–Crippen MR) is 112 cm³/mol. The molecule has 0 saturated carbocycles. The molecule has 30 heavy (non-hydrogen) atoms. The van der Waals surface area contributed by atoms with Gasteiger partial charge in [0.15, 0.2) is 5.78 Å². The summed E-state index contributed by atoms with van der Waals surface area (Å²) in [7, 11) is 0. The van der Waals surface area contributed by atoms with Crippen molar-refractivity contribution < 1.29 is 22.7 Å². The van der Waals surface area contributed by atoms with Crippen molar-refractivity contribution in [3.05, 3.63) is 71.8 Å². The summed E-state index contributed by atoms with van der Waals surface area (Å²) in [4.78, 5) is 19.4. The molecule has 0 aliphatic heterocycles. The number of alkyl halides is 3. The number of nitrogens with zero attached hydrogens (tertiary/aromatic N) is 2. The normalized spacial score (nSPS) is 11.8. The number of aromatic nitrogens is 1. The first-order valence-electron chi connectivity index (χ1n) is 9.53. The molecule has 0 bridgehead atoms. The van der Waals surface area contributed by atoms with E-state index in [0.717, 1.165) is 47.5 Å². The smallest absolute Gasteiger partial charge is 0.406 e. The Kier molecular flexibility index (Phi) is 6.40. The molecule has 0 atom stereocenters. The second-order valence-corrected chi connectivity index (χ2v) is 6.54. The number of ketones is 1. The third-order valence-electron chi connectivity index (χ3n) is 4.58. The zero-order chi connectivity index (χ0) is 21.7. The Labute approximate surface area is 172 Å². The molecule has 1 heterocycles. The van der Waals surface area contributed by atoms with Gasteiger partial charge >= 0.3 is 6.36 Å². The number of anilines is 1. The van der Waals surface area contributed by atoms with Crippen LogP contribution in [0.5, 0.6) is 5.75 Å². The van der Waals surface area contributed by atoms with Crippen molar-refractivity contribution in [2.24, 2.45) is 0 Å². The van der Waals surface area contributed by atoms with Crippen molar-refractivity contribution in [1.29, 1.82) is 0 Å². The van der Waals surface area contributed by atoms with E-state index in [-0.39, 0.29) is 17.1 Å². The molecule has 3 rings (SSSR count). The Balaban J connectivity index is 1.88. The highest BCUT2D eigenvalue weighted by Crippen LogP contribution is 2.26. The molecule has 7 heteroatoms. The van der Waals surface area contributed by atoms with E-state index >= 15 is 0 Å². The van der Waals surface area contributed by atoms with Crippen LogP contribution >= 0.6 is 0 Å². The number of carbonyl (C=O) groups is 1. The van der Waals surface area contributed by atoms with Crippen LogP contribution in [0.2, 0.25) is 0 Å². The summed E-state index contributed by atoms with van der Waals surface area (Å²) in [5.74, 6) is 0.0782. The average Bonchev–Trinajstić information content (AvgIpc) is 2.72. The number of ether oxygens (including phenoxy) is 1. The first-order valence-corrected chi connectivity index (χ1v) is 9.53. The Morgan fingerprint density at radius 2 is 1.73 bits per heavy atom. The predicted octanol–water partition coefficient (Wildman–Crippen LogP) is 5.88. The minimum Gasteiger partial charge on any atom is -0.406 e. The number of halogens is 3. The summed E-state index contributed by atoms with van der Waals surface area (Å²) in [5.41, 5.74) is 1.92. The van der Waals surface area contributed by atoms with Crippen molar-refractivity contribution in [3.8, 4) is 5.75 Å². The van der Waals surface area contributed by atoms with E-state index in [2.05, 4.69) is 9.64 Å². The SMILES string of the molecule is CCN(CC)c1nc2ccccc2cc1/C=C/C(=O)c1ccc(OC(F)(F)F)cc1. The maximum absolute atomic E-state index is 12.5. The fourth-order valence-electron chi connectivity index (χ4n) is 3.10. The van der Waals surface area contributed by atoms with Crippen LogP contribution in [0.15, 0.2) is 60.7 Å². The van der Waals surface area contributed by atoms with Crippen LogP contribution in [0.25, 0.3) is 17.0 Å². The number of allylic oxidation sites excluding steroid dienone is 1. The number of carbonyl (C=O) groups excluding carboxylic acids is 1. The Morgan fingerprint density at radius 1 is 1.07 bits per heavy atom. The quantitative estimate of drug-likeness (QED) is 0.358.